The zero-order valence-corrected chi connectivity index (χ0v) is 18.1. The van der Waals surface area contributed by atoms with E-state index in [1.54, 1.807) is 18.2 Å². The number of carbonyl (C=O) groups is 2. The van der Waals surface area contributed by atoms with Crippen molar-refractivity contribution in [2.75, 3.05) is 30.9 Å². The zero-order chi connectivity index (χ0) is 21.2. The third-order valence-corrected chi connectivity index (χ3v) is 5.02. The maximum absolute atomic E-state index is 12.1. The number of amides is 1. The summed E-state index contributed by atoms with van der Waals surface area (Å²) in [6, 6.07) is 11.2. The molecule has 1 amide bonds. The van der Waals surface area contributed by atoms with E-state index in [1.807, 2.05) is 39.8 Å². The molecular formula is C22H27NO5S. The second-order valence-electron chi connectivity index (χ2n) is 6.29. The van der Waals surface area contributed by atoms with E-state index in [0.717, 1.165) is 10.5 Å². The first-order chi connectivity index (χ1) is 13.9. The molecule has 0 bridgehead atoms. The Kier molecular flexibility index (Phi) is 8.86. The van der Waals surface area contributed by atoms with Crippen LogP contribution in [0.2, 0.25) is 0 Å². The molecule has 7 heteroatoms. The van der Waals surface area contributed by atoms with E-state index in [0.29, 0.717) is 30.4 Å². The van der Waals surface area contributed by atoms with Crippen molar-refractivity contribution >= 4 is 29.3 Å². The Morgan fingerprint density at radius 3 is 2.38 bits per heavy atom. The van der Waals surface area contributed by atoms with E-state index >= 15 is 0 Å². The van der Waals surface area contributed by atoms with Gasteiger partial charge >= 0.3 is 5.97 Å². The average Bonchev–Trinajstić information content (AvgIpc) is 2.68. The van der Waals surface area contributed by atoms with Gasteiger partial charge in [-0.1, -0.05) is 17.7 Å². The minimum absolute atomic E-state index is 0.148. The van der Waals surface area contributed by atoms with Crippen LogP contribution in [0, 0.1) is 13.8 Å². The molecule has 2 aromatic rings. The first kappa shape index (κ1) is 22.6. The lowest BCUT2D eigenvalue weighted by atomic mass is 10.2. The lowest BCUT2D eigenvalue weighted by Crippen LogP contribution is -2.21. The third-order valence-electron chi connectivity index (χ3n) is 3.87. The second-order valence-corrected chi connectivity index (χ2v) is 7.31. The number of benzene rings is 2. The SMILES string of the molecule is CCOc1ccc(NC(=O)COC(=O)CSc2ccc(C)cc2C)cc1OCC. The van der Waals surface area contributed by atoms with Crippen molar-refractivity contribution in [1.82, 2.24) is 0 Å². The van der Waals surface area contributed by atoms with Crippen molar-refractivity contribution in [2.45, 2.75) is 32.6 Å². The molecule has 0 radical (unpaired) electrons. The van der Waals surface area contributed by atoms with E-state index in [-0.39, 0.29) is 12.4 Å². The Bertz CT molecular complexity index is 853. The first-order valence-corrected chi connectivity index (χ1v) is 10.5. The van der Waals surface area contributed by atoms with E-state index in [1.165, 1.54) is 17.3 Å². The smallest absolute Gasteiger partial charge is 0.316 e. The van der Waals surface area contributed by atoms with Crippen LogP contribution < -0.4 is 14.8 Å². The lowest BCUT2D eigenvalue weighted by Gasteiger charge is -2.13. The van der Waals surface area contributed by atoms with Crippen LogP contribution in [0.4, 0.5) is 5.69 Å². The van der Waals surface area contributed by atoms with Gasteiger partial charge < -0.3 is 19.5 Å². The maximum atomic E-state index is 12.1. The number of thioether (sulfide) groups is 1. The van der Waals surface area contributed by atoms with Gasteiger partial charge in [-0.25, -0.2) is 0 Å². The van der Waals surface area contributed by atoms with Crippen LogP contribution in [0.15, 0.2) is 41.3 Å². The molecule has 29 heavy (non-hydrogen) atoms. The minimum atomic E-state index is -0.438. The molecule has 0 aliphatic heterocycles. The molecule has 0 saturated heterocycles. The van der Waals surface area contributed by atoms with Crippen molar-refractivity contribution < 1.29 is 23.8 Å². The van der Waals surface area contributed by atoms with Gasteiger partial charge in [0.2, 0.25) is 0 Å². The zero-order valence-electron chi connectivity index (χ0n) is 17.2. The number of nitrogens with one attached hydrogen (secondary N) is 1. The molecular weight excluding hydrogens is 390 g/mol. The highest BCUT2D eigenvalue weighted by Gasteiger charge is 2.12. The number of aryl methyl sites for hydroxylation is 2. The summed E-state index contributed by atoms with van der Waals surface area (Å²) in [6.07, 6.45) is 0. The number of ether oxygens (including phenoxy) is 3. The predicted molar refractivity (Wildman–Crippen MR) is 115 cm³/mol. The van der Waals surface area contributed by atoms with Crippen molar-refractivity contribution in [3.05, 3.63) is 47.5 Å². The van der Waals surface area contributed by atoms with Gasteiger partial charge in [-0.15, -0.1) is 11.8 Å². The fourth-order valence-electron chi connectivity index (χ4n) is 2.61. The molecule has 2 rings (SSSR count). The quantitative estimate of drug-likeness (QED) is 0.457. The first-order valence-electron chi connectivity index (χ1n) is 9.48. The average molecular weight is 418 g/mol. The van der Waals surface area contributed by atoms with Gasteiger partial charge in [0.1, 0.15) is 0 Å². The van der Waals surface area contributed by atoms with Crippen LogP contribution in [0.5, 0.6) is 11.5 Å². The number of hydrogen-bond acceptors (Lipinski definition) is 6. The molecule has 0 aliphatic carbocycles. The number of carbonyl (C=O) groups excluding carboxylic acids is 2. The molecule has 2 aromatic carbocycles. The second kappa shape index (κ2) is 11.4. The van der Waals surface area contributed by atoms with Gasteiger partial charge in [-0.3, -0.25) is 9.59 Å². The van der Waals surface area contributed by atoms with E-state index in [2.05, 4.69) is 11.4 Å². The molecule has 0 spiro atoms. The van der Waals surface area contributed by atoms with Crippen LogP contribution in [-0.2, 0) is 14.3 Å². The van der Waals surface area contributed by atoms with Crippen molar-refractivity contribution in [3.8, 4) is 11.5 Å². The molecule has 0 saturated carbocycles. The van der Waals surface area contributed by atoms with E-state index in [9.17, 15) is 9.59 Å². The number of hydrogen-bond donors (Lipinski definition) is 1. The summed E-state index contributed by atoms with van der Waals surface area (Å²) in [4.78, 5) is 25.1. The number of rotatable bonds is 10. The predicted octanol–water partition coefficient (Wildman–Crippen LogP) is 4.37. The van der Waals surface area contributed by atoms with Crippen molar-refractivity contribution in [2.24, 2.45) is 0 Å². The van der Waals surface area contributed by atoms with E-state index in [4.69, 9.17) is 14.2 Å². The molecule has 6 nitrogen and oxygen atoms in total. The summed E-state index contributed by atoms with van der Waals surface area (Å²) in [7, 11) is 0. The van der Waals surface area contributed by atoms with Gasteiger partial charge in [-0.2, -0.15) is 0 Å². The Balaban J connectivity index is 1.82. The molecule has 0 heterocycles. The Morgan fingerprint density at radius 1 is 0.966 bits per heavy atom. The number of esters is 1. The molecule has 0 unspecified atom stereocenters. The van der Waals surface area contributed by atoms with Crippen molar-refractivity contribution in [3.63, 3.8) is 0 Å². The van der Waals surface area contributed by atoms with E-state index < -0.39 is 11.9 Å². The summed E-state index contributed by atoms with van der Waals surface area (Å²) < 4.78 is 16.1. The van der Waals surface area contributed by atoms with Crippen LogP contribution in [0.25, 0.3) is 0 Å². The van der Waals surface area contributed by atoms with Gasteiger partial charge in [0.05, 0.1) is 19.0 Å². The van der Waals surface area contributed by atoms with Gasteiger partial charge in [0, 0.05) is 16.6 Å². The standard InChI is InChI=1S/C22H27NO5S/c1-5-26-18-9-8-17(12-19(18)27-6-2)23-21(24)13-28-22(25)14-29-20-10-7-15(3)11-16(20)4/h7-12H,5-6,13-14H2,1-4H3,(H,23,24). The topological polar surface area (TPSA) is 73.9 Å². The largest absolute Gasteiger partial charge is 0.490 e. The maximum Gasteiger partial charge on any atom is 0.316 e. The molecule has 0 atom stereocenters. The van der Waals surface area contributed by atoms with Gasteiger partial charge in [0.15, 0.2) is 18.1 Å². The van der Waals surface area contributed by atoms with Crippen molar-refractivity contribution in [1.29, 1.82) is 0 Å². The van der Waals surface area contributed by atoms with Crippen LogP contribution in [0.1, 0.15) is 25.0 Å². The number of anilines is 1. The summed E-state index contributed by atoms with van der Waals surface area (Å²) in [5.74, 6) is 0.457. The summed E-state index contributed by atoms with van der Waals surface area (Å²) in [5, 5.41) is 2.70. The fourth-order valence-corrected chi connectivity index (χ4v) is 3.42. The highest BCUT2D eigenvalue weighted by atomic mass is 32.2. The normalized spacial score (nSPS) is 10.3. The fraction of sp³-hybridized carbons (Fsp3) is 0.364. The highest BCUT2D eigenvalue weighted by Crippen LogP contribution is 2.30. The molecule has 0 fully saturated rings. The summed E-state index contributed by atoms with van der Waals surface area (Å²) >= 11 is 1.40. The Morgan fingerprint density at radius 2 is 1.69 bits per heavy atom. The Hall–Kier alpha value is -2.67. The van der Waals surface area contributed by atoms with Gasteiger partial charge in [-0.05, 0) is 51.5 Å². The third kappa shape index (κ3) is 7.34. The van der Waals surface area contributed by atoms with Gasteiger partial charge in [0.25, 0.3) is 5.91 Å². The summed E-state index contributed by atoms with van der Waals surface area (Å²) in [6.45, 7) is 8.44. The minimum Gasteiger partial charge on any atom is -0.490 e. The molecule has 0 aliphatic rings. The lowest BCUT2D eigenvalue weighted by molar-refractivity contribution is -0.144. The molecule has 0 aromatic heterocycles. The highest BCUT2D eigenvalue weighted by molar-refractivity contribution is 8.00. The van der Waals surface area contributed by atoms with Crippen LogP contribution in [0.3, 0.4) is 0 Å². The van der Waals surface area contributed by atoms with Crippen LogP contribution >= 0.6 is 11.8 Å². The molecule has 1 N–H and O–H groups in total. The summed E-state index contributed by atoms with van der Waals surface area (Å²) in [5.41, 5.74) is 2.83. The molecule has 156 valence electrons. The Labute approximate surface area is 175 Å². The van der Waals surface area contributed by atoms with Crippen LogP contribution in [-0.4, -0.2) is 37.4 Å². The monoisotopic (exact) mass is 417 g/mol.